The molecule has 0 aliphatic heterocycles. The maximum Gasteiger partial charge on any atom is 0.170 e. The van der Waals surface area contributed by atoms with Gasteiger partial charge >= 0.3 is 0 Å². The summed E-state index contributed by atoms with van der Waals surface area (Å²) in [7, 11) is 2.13. The molecule has 0 fully saturated rings. The van der Waals surface area contributed by atoms with Crippen LogP contribution in [0.25, 0.3) is 0 Å². The van der Waals surface area contributed by atoms with Crippen molar-refractivity contribution < 1.29 is 5.21 Å². The molecule has 0 saturated carbocycles. The fraction of sp³-hybridized carbons (Fsp3) is 0.500. The van der Waals surface area contributed by atoms with E-state index < -0.39 is 0 Å². The standard InChI is InChI=1S/C14H23N3O/c1-10(2)11(3)17(4)9-12-5-7-13(8-6-12)14(15)16-18/h5-8,10-11,18H,9H2,1-4H3,(H2,15,16). The van der Waals surface area contributed by atoms with Crippen molar-refractivity contribution in [3.63, 3.8) is 0 Å². The van der Waals surface area contributed by atoms with E-state index in [-0.39, 0.29) is 5.84 Å². The molecule has 1 aromatic carbocycles. The number of oxime groups is 1. The molecule has 1 atom stereocenters. The molecular weight excluding hydrogens is 226 g/mol. The summed E-state index contributed by atoms with van der Waals surface area (Å²) in [5.41, 5.74) is 7.48. The fourth-order valence-corrected chi connectivity index (χ4v) is 1.78. The first-order valence-electron chi connectivity index (χ1n) is 6.22. The zero-order valence-electron chi connectivity index (χ0n) is 11.6. The maximum atomic E-state index is 8.59. The molecule has 4 heteroatoms. The molecular formula is C14H23N3O. The summed E-state index contributed by atoms with van der Waals surface area (Å²) in [4.78, 5) is 2.32. The number of benzene rings is 1. The first-order chi connectivity index (χ1) is 8.45. The largest absolute Gasteiger partial charge is 0.409 e. The van der Waals surface area contributed by atoms with E-state index in [0.29, 0.717) is 12.0 Å². The number of rotatable bonds is 5. The molecule has 0 aromatic heterocycles. The van der Waals surface area contributed by atoms with Crippen LogP contribution in [0.4, 0.5) is 0 Å². The predicted octanol–water partition coefficient (Wildman–Crippen LogP) is 2.26. The van der Waals surface area contributed by atoms with Crippen LogP contribution in [0.3, 0.4) is 0 Å². The lowest BCUT2D eigenvalue weighted by molar-refractivity contribution is 0.200. The zero-order chi connectivity index (χ0) is 13.7. The summed E-state index contributed by atoms with van der Waals surface area (Å²) < 4.78 is 0. The third-order valence-corrected chi connectivity index (χ3v) is 3.45. The molecule has 1 rings (SSSR count). The Morgan fingerprint density at radius 2 is 1.83 bits per heavy atom. The van der Waals surface area contributed by atoms with E-state index in [0.717, 1.165) is 12.1 Å². The van der Waals surface area contributed by atoms with Crippen molar-refractivity contribution in [2.75, 3.05) is 7.05 Å². The van der Waals surface area contributed by atoms with Gasteiger partial charge in [-0.1, -0.05) is 43.3 Å². The van der Waals surface area contributed by atoms with E-state index in [1.807, 2.05) is 24.3 Å². The van der Waals surface area contributed by atoms with E-state index in [9.17, 15) is 0 Å². The molecule has 0 radical (unpaired) electrons. The molecule has 0 spiro atoms. The zero-order valence-corrected chi connectivity index (χ0v) is 11.6. The lowest BCUT2D eigenvalue weighted by Gasteiger charge is -2.27. The van der Waals surface area contributed by atoms with Crippen molar-refractivity contribution in [2.45, 2.75) is 33.4 Å². The summed E-state index contributed by atoms with van der Waals surface area (Å²) in [6.07, 6.45) is 0. The van der Waals surface area contributed by atoms with Gasteiger partial charge in [0, 0.05) is 18.2 Å². The number of nitrogens with zero attached hydrogens (tertiary/aromatic N) is 2. The molecule has 3 N–H and O–H groups in total. The van der Waals surface area contributed by atoms with E-state index in [2.05, 4.69) is 37.9 Å². The molecule has 0 aliphatic rings. The molecule has 1 aromatic rings. The van der Waals surface area contributed by atoms with Gasteiger partial charge in [0.1, 0.15) is 0 Å². The van der Waals surface area contributed by atoms with Crippen LogP contribution in [0.2, 0.25) is 0 Å². The molecule has 0 saturated heterocycles. The maximum absolute atomic E-state index is 8.59. The van der Waals surface area contributed by atoms with Crippen LogP contribution in [0.5, 0.6) is 0 Å². The minimum absolute atomic E-state index is 0.144. The van der Waals surface area contributed by atoms with Crippen LogP contribution in [0, 0.1) is 5.92 Å². The Hall–Kier alpha value is -1.55. The Kier molecular flexibility index (Phi) is 5.16. The number of hydrogen-bond donors (Lipinski definition) is 2. The summed E-state index contributed by atoms with van der Waals surface area (Å²) in [5, 5.41) is 11.6. The highest BCUT2D eigenvalue weighted by Crippen LogP contribution is 2.13. The highest BCUT2D eigenvalue weighted by molar-refractivity contribution is 5.96. The van der Waals surface area contributed by atoms with Crippen molar-refractivity contribution in [3.8, 4) is 0 Å². The Labute approximate surface area is 109 Å². The van der Waals surface area contributed by atoms with Crippen molar-refractivity contribution >= 4 is 5.84 Å². The third kappa shape index (κ3) is 3.74. The highest BCUT2D eigenvalue weighted by atomic mass is 16.4. The third-order valence-electron chi connectivity index (χ3n) is 3.45. The smallest absolute Gasteiger partial charge is 0.170 e. The summed E-state index contributed by atoms with van der Waals surface area (Å²) >= 11 is 0. The lowest BCUT2D eigenvalue weighted by Crippen LogP contribution is -2.32. The van der Waals surface area contributed by atoms with Crippen LogP contribution >= 0.6 is 0 Å². The first kappa shape index (κ1) is 14.5. The second-order valence-corrected chi connectivity index (χ2v) is 5.08. The number of amidine groups is 1. The van der Waals surface area contributed by atoms with Crippen LogP contribution in [0.1, 0.15) is 31.9 Å². The lowest BCUT2D eigenvalue weighted by atomic mass is 10.0. The Balaban J connectivity index is 2.69. The summed E-state index contributed by atoms with van der Waals surface area (Å²) in [6.45, 7) is 7.58. The van der Waals surface area contributed by atoms with Crippen LogP contribution in [0.15, 0.2) is 29.4 Å². The van der Waals surface area contributed by atoms with Crippen LogP contribution in [-0.2, 0) is 6.54 Å². The number of nitrogens with two attached hydrogens (primary N) is 1. The first-order valence-corrected chi connectivity index (χ1v) is 6.22. The van der Waals surface area contributed by atoms with Crippen LogP contribution < -0.4 is 5.73 Å². The topological polar surface area (TPSA) is 61.8 Å². The van der Waals surface area contributed by atoms with Gasteiger partial charge < -0.3 is 10.9 Å². The van der Waals surface area contributed by atoms with Gasteiger partial charge in [-0.05, 0) is 25.5 Å². The summed E-state index contributed by atoms with van der Waals surface area (Å²) in [6, 6.07) is 8.30. The SMILES string of the molecule is CC(C)C(C)N(C)Cc1ccc(/C(N)=N/O)cc1. The van der Waals surface area contributed by atoms with Gasteiger partial charge in [0.15, 0.2) is 5.84 Å². The van der Waals surface area contributed by atoms with Gasteiger partial charge in [0.2, 0.25) is 0 Å². The van der Waals surface area contributed by atoms with Gasteiger partial charge in [-0.3, -0.25) is 4.90 Å². The molecule has 0 aliphatic carbocycles. The molecule has 100 valence electrons. The molecule has 4 nitrogen and oxygen atoms in total. The molecule has 0 bridgehead atoms. The minimum atomic E-state index is 0.144. The predicted molar refractivity (Wildman–Crippen MR) is 74.7 cm³/mol. The molecule has 18 heavy (non-hydrogen) atoms. The van der Waals surface area contributed by atoms with Crippen molar-refractivity contribution in [1.29, 1.82) is 0 Å². The minimum Gasteiger partial charge on any atom is -0.409 e. The van der Waals surface area contributed by atoms with Crippen LogP contribution in [-0.4, -0.2) is 29.0 Å². The van der Waals surface area contributed by atoms with Gasteiger partial charge in [-0.25, -0.2) is 0 Å². The molecule has 0 heterocycles. The quantitative estimate of drug-likeness (QED) is 0.364. The van der Waals surface area contributed by atoms with Crippen molar-refractivity contribution in [2.24, 2.45) is 16.8 Å². The summed E-state index contributed by atoms with van der Waals surface area (Å²) in [5.74, 6) is 0.775. The Morgan fingerprint density at radius 3 is 2.28 bits per heavy atom. The van der Waals surface area contributed by atoms with Crippen molar-refractivity contribution in [3.05, 3.63) is 35.4 Å². The van der Waals surface area contributed by atoms with E-state index in [1.165, 1.54) is 5.56 Å². The normalized spacial score (nSPS) is 14.2. The molecule has 0 amide bonds. The van der Waals surface area contributed by atoms with Gasteiger partial charge in [0.25, 0.3) is 0 Å². The second kappa shape index (κ2) is 6.40. The van der Waals surface area contributed by atoms with E-state index >= 15 is 0 Å². The van der Waals surface area contributed by atoms with E-state index in [1.54, 1.807) is 0 Å². The van der Waals surface area contributed by atoms with Gasteiger partial charge in [0.05, 0.1) is 0 Å². The van der Waals surface area contributed by atoms with Crippen molar-refractivity contribution in [1.82, 2.24) is 4.90 Å². The fourth-order valence-electron chi connectivity index (χ4n) is 1.78. The average molecular weight is 249 g/mol. The average Bonchev–Trinajstić information content (AvgIpc) is 2.37. The van der Waals surface area contributed by atoms with Gasteiger partial charge in [-0.15, -0.1) is 0 Å². The van der Waals surface area contributed by atoms with Gasteiger partial charge in [-0.2, -0.15) is 0 Å². The highest BCUT2D eigenvalue weighted by Gasteiger charge is 2.13. The number of hydrogen-bond acceptors (Lipinski definition) is 3. The molecule has 1 unspecified atom stereocenters. The Bertz CT molecular complexity index is 398. The van der Waals surface area contributed by atoms with E-state index in [4.69, 9.17) is 10.9 Å². The monoisotopic (exact) mass is 249 g/mol. The Morgan fingerprint density at radius 1 is 1.28 bits per heavy atom. The second-order valence-electron chi connectivity index (χ2n) is 5.08.